The van der Waals surface area contributed by atoms with E-state index in [0.29, 0.717) is 12.8 Å². The van der Waals surface area contributed by atoms with Gasteiger partial charge < -0.3 is 20.7 Å². The number of carbonyl (C=O) groups is 2. The van der Waals surface area contributed by atoms with Gasteiger partial charge in [-0.3, -0.25) is 9.59 Å². The Morgan fingerprint density at radius 3 is 2.30 bits per heavy atom. The van der Waals surface area contributed by atoms with E-state index >= 15 is 0 Å². The number of unbranched alkanes of at least 4 members (excludes halogenated alkanes) is 2. The molecule has 0 unspecified atom stereocenters. The molecule has 20 heavy (non-hydrogen) atoms. The maximum atomic E-state index is 11.6. The van der Waals surface area contributed by atoms with Crippen LogP contribution in [0.3, 0.4) is 0 Å². The van der Waals surface area contributed by atoms with Crippen LogP contribution >= 0.6 is 0 Å². The fourth-order valence-corrected chi connectivity index (χ4v) is 1.82. The standard InChI is InChI=1S/C13H27BN2O4/c1-4-5-6-7-12(17)15-9-13(18)16-11(14(19)20)8-10(2)3/h10-11,19-20H,4-9H2,1-3H3,(H,15,17)(H,16,18)/t11-/m0/s1. The first kappa shape index (κ1) is 18.9. The van der Waals surface area contributed by atoms with Crippen molar-refractivity contribution in [1.82, 2.24) is 10.6 Å². The summed E-state index contributed by atoms with van der Waals surface area (Å²) in [4.78, 5) is 23.1. The molecule has 0 aliphatic carbocycles. The third-order valence-corrected chi connectivity index (χ3v) is 2.89. The lowest BCUT2D eigenvalue weighted by molar-refractivity contribution is -0.126. The minimum Gasteiger partial charge on any atom is -0.426 e. The Kier molecular flexibility index (Phi) is 10.1. The molecule has 0 saturated heterocycles. The lowest BCUT2D eigenvalue weighted by atomic mass is 9.75. The van der Waals surface area contributed by atoms with E-state index in [9.17, 15) is 19.6 Å². The molecule has 6 nitrogen and oxygen atoms in total. The van der Waals surface area contributed by atoms with E-state index in [2.05, 4.69) is 17.6 Å². The molecule has 4 N–H and O–H groups in total. The van der Waals surface area contributed by atoms with Gasteiger partial charge in [0, 0.05) is 6.42 Å². The summed E-state index contributed by atoms with van der Waals surface area (Å²) in [5, 5.41) is 23.4. The summed E-state index contributed by atoms with van der Waals surface area (Å²) in [6.07, 6.45) is 3.73. The summed E-state index contributed by atoms with van der Waals surface area (Å²) in [6, 6.07) is 0. The van der Waals surface area contributed by atoms with Crippen molar-refractivity contribution in [3.05, 3.63) is 0 Å². The first-order valence-corrected chi connectivity index (χ1v) is 7.29. The monoisotopic (exact) mass is 286 g/mol. The number of hydrogen-bond acceptors (Lipinski definition) is 4. The van der Waals surface area contributed by atoms with E-state index in [1.807, 2.05) is 13.8 Å². The Hall–Kier alpha value is -1.08. The van der Waals surface area contributed by atoms with Gasteiger partial charge in [-0.2, -0.15) is 0 Å². The molecule has 0 aromatic carbocycles. The summed E-state index contributed by atoms with van der Waals surface area (Å²) in [5.41, 5.74) is 0. The normalized spacial score (nSPS) is 12.1. The van der Waals surface area contributed by atoms with Crippen molar-refractivity contribution in [2.24, 2.45) is 5.92 Å². The average molecular weight is 286 g/mol. The zero-order valence-corrected chi connectivity index (χ0v) is 12.7. The van der Waals surface area contributed by atoms with Gasteiger partial charge in [-0.25, -0.2) is 0 Å². The topological polar surface area (TPSA) is 98.7 Å². The van der Waals surface area contributed by atoms with Gasteiger partial charge in [0.05, 0.1) is 12.5 Å². The van der Waals surface area contributed by atoms with Crippen molar-refractivity contribution in [2.75, 3.05) is 6.54 Å². The number of hydrogen-bond donors (Lipinski definition) is 4. The maximum Gasteiger partial charge on any atom is 0.475 e. The second-order valence-corrected chi connectivity index (χ2v) is 5.45. The zero-order chi connectivity index (χ0) is 15.5. The van der Waals surface area contributed by atoms with Crippen LogP contribution in [0.2, 0.25) is 0 Å². The van der Waals surface area contributed by atoms with Gasteiger partial charge in [0.15, 0.2) is 0 Å². The minimum atomic E-state index is -1.60. The number of amides is 2. The number of rotatable bonds is 10. The van der Waals surface area contributed by atoms with Crippen LogP contribution in [0.1, 0.15) is 52.9 Å². The molecule has 116 valence electrons. The summed E-state index contributed by atoms with van der Waals surface area (Å²) in [5.74, 6) is -1.05. The molecule has 0 radical (unpaired) electrons. The molecule has 2 amide bonds. The Morgan fingerprint density at radius 1 is 1.15 bits per heavy atom. The summed E-state index contributed by atoms with van der Waals surface area (Å²) < 4.78 is 0. The third-order valence-electron chi connectivity index (χ3n) is 2.89. The molecule has 0 heterocycles. The molecule has 0 aliphatic rings. The highest BCUT2D eigenvalue weighted by molar-refractivity contribution is 6.43. The van der Waals surface area contributed by atoms with Crippen LogP contribution in [-0.2, 0) is 9.59 Å². The molecule has 0 aromatic rings. The van der Waals surface area contributed by atoms with Crippen LogP contribution < -0.4 is 10.6 Å². The summed E-state index contributed by atoms with van der Waals surface area (Å²) in [6.45, 7) is 5.78. The molecule has 0 rings (SSSR count). The Labute approximate surface area is 121 Å². The second kappa shape index (κ2) is 10.7. The van der Waals surface area contributed by atoms with Gasteiger partial charge in [-0.1, -0.05) is 33.6 Å². The minimum absolute atomic E-state index is 0.133. The van der Waals surface area contributed by atoms with Crippen molar-refractivity contribution >= 4 is 18.9 Å². The van der Waals surface area contributed by atoms with E-state index in [4.69, 9.17) is 0 Å². The van der Waals surface area contributed by atoms with Gasteiger partial charge in [-0.05, 0) is 18.8 Å². The van der Waals surface area contributed by atoms with Gasteiger partial charge in [-0.15, -0.1) is 0 Å². The predicted octanol–water partition coefficient (Wildman–Crippen LogP) is 0.226. The van der Waals surface area contributed by atoms with Crippen LogP contribution in [0.5, 0.6) is 0 Å². The molecule has 0 bridgehead atoms. The van der Waals surface area contributed by atoms with Crippen molar-refractivity contribution in [3.63, 3.8) is 0 Å². The highest BCUT2D eigenvalue weighted by Gasteiger charge is 2.25. The molecule has 0 aromatic heterocycles. The first-order valence-electron chi connectivity index (χ1n) is 7.29. The van der Waals surface area contributed by atoms with Crippen molar-refractivity contribution in [1.29, 1.82) is 0 Å². The van der Waals surface area contributed by atoms with Crippen LogP contribution in [0.4, 0.5) is 0 Å². The Morgan fingerprint density at radius 2 is 1.80 bits per heavy atom. The fourth-order valence-electron chi connectivity index (χ4n) is 1.82. The smallest absolute Gasteiger partial charge is 0.426 e. The van der Waals surface area contributed by atoms with Crippen molar-refractivity contribution in [2.45, 2.75) is 58.8 Å². The van der Waals surface area contributed by atoms with E-state index in [0.717, 1.165) is 19.3 Å². The van der Waals surface area contributed by atoms with Crippen molar-refractivity contribution < 1.29 is 19.6 Å². The Balaban J connectivity index is 3.98. The van der Waals surface area contributed by atoms with Crippen LogP contribution in [0.15, 0.2) is 0 Å². The molecule has 1 atom stereocenters. The van der Waals surface area contributed by atoms with Crippen molar-refractivity contribution in [3.8, 4) is 0 Å². The molecule has 7 heteroatoms. The molecule has 0 aliphatic heterocycles. The summed E-state index contributed by atoms with van der Waals surface area (Å²) >= 11 is 0. The molecule has 0 spiro atoms. The number of nitrogens with one attached hydrogen (secondary N) is 2. The highest BCUT2D eigenvalue weighted by Crippen LogP contribution is 2.05. The van der Waals surface area contributed by atoms with Gasteiger partial charge in [0.1, 0.15) is 0 Å². The molecule has 0 fully saturated rings. The lowest BCUT2D eigenvalue weighted by Gasteiger charge is -2.19. The van der Waals surface area contributed by atoms with E-state index in [1.165, 1.54) is 0 Å². The summed E-state index contributed by atoms with van der Waals surface area (Å²) in [7, 11) is -1.60. The average Bonchev–Trinajstić information content (AvgIpc) is 2.35. The first-order chi connectivity index (χ1) is 9.36. The van der Waals surface area contributed by atoms with E-state index in [-0.39, 0.29) is 18.4 Å². The van der Waals surface area contributed by atoms with Crippen LogP contribution in [0, 0.1) is 5.92 Å². The third kappa shape index (κ3) is 9.80. The van der Waals surface area contributed by atoms with Crippen LogP contribution in [-0.4, -0.2) is 41.5 Å². The second-order valence-electron chi connectivity index (χ2n) is 5.45. The lowest BCUT2D eigenvalue weighted by Crippen LogP contribution is -2.50. The SMILES string of the molecule is CCCCCC(=O)NCC(=O)N[C@@H](CC(C)C)B(O)O. The fraction of sp³-hybridized carbons (Fsp3) is 0.846. The van der Waals surface area contributed by atoms with Crippen LogP contribution in [0.25, 0.3) is 0 Å². The molecular weight excluding hydrogens is 259 g/mol. The largest absolute Gasteiger partial charge is 0.475 e. The van der Waals surface area contributed by atoms with E-state index in [1.54, 1.807) is 0 Å². The zero-order valence-electron chi connectivity index (χ0n) is 12.7. The molecular formula is C13H27BN2O4. The Bertz CT molecular complexity index is 298. The highest BCUT2D eigenvalue weighted by atomic mass is 16.4. The quantitative estimate of drug-likeness (QED) is 0.341. The maximum absolute atomic E-state index is 11.6. The number of carbonyl (C=O) groups excluding carboxylic acids is 2. The molecule has 0 saturated carbocycles. The van der Waals surface area contributed by atoms with E-state index < -0.39 is 19.0 Å². The predicted molar refractivity (Wildman–Crippen MR) is 78.7 cm³/mol. The van der Waals surface area contributed by atoms with Gasteiger partial charge >= 0.3 is 7.12 Å². The van der Waals surface area contributed by atoms with Gasteiger partial charge in [0.2, 0.25) is 11.8 Å². The van der Waals surface area contributed by atoms with Gasteiger partial charge in [0.25, 0.3) is 0 Å².